The number of rotatable bonds is 4. The Morgan fingerprint density at radius 1 is 1.28 bits per heavy atom. The Morgan fingerprint density at radius 2 is 1.89 bits per heavy atom. The van der Waals surface area contributed by atoms with Gasteiger partial charge in [0, 0.05) is 14.1 Å². The fourth-order valence-corrected chi connectivity index (χ4v) is 1.51. The van der Waals surface area contributed by atoms with Gasteiger partial charge >= 0.3 is 16.4 Å². The highest BCUT2D eigenvalue weighted by Crippen LogP contribution is 2.25. The minimum Gasteiger partial charge on any atom is -0.453 e. The van der Waals surface area contributed by atoms with Crippen molar-refractivity contribution in [2.24, 2.45) is 0 Å². The van der Waals surface area contributed by atoms with Crippen LogP contribution in [0.2, 0.25) is 0 Å². The fraction of sp³-hybridized carbons (Fsp3) is 0.300. The number of methoxy groups -OCH3 is 1. The van der Waals surface area contributed by atoms with E-state index in [1.165, 1.54) is 33.3 Å². The van der Waals surface area contributed by atoms with E-state index >= 15 is 0 Å². The van der Waals surface area contributed by atoms with Crippen molar-refractivity contribution in [1.29, 1.82) is 0 Å². The molecule has 1 amide bonds. The molecular weight excluding hydrogens is 260 g/mol. The number of hydrogen-bond acceptors (Lipinski definition) is 5. The van der Waals surface area contributed by atoms with E-state index in [2.05, 4.69) is 10.1 Å². The number of amides is 1. The molecule has 0 bridgehead atoms. The topological polar surface area (TPSA) is 84.9 Å². The number of para-hydroxylation sites is 2. The van der Waals surface area contributed by atoms with Gasteiger partial charge in [0.25, 0.3) is 0 Å². The molecule has 0 unspecified atom stereocenters. The van der Waals surface area contributed by atoms with E-state index in [4.69, 9.17) is 4.18 Å². The number of nitrogens with zero attached hydrogens (tertiary/aromatic N) is 1. The highest BCUT2D eigenvalue weighted by molar-refractivity contribution is 7.84. The van der Waals surface area contributed by atoms with Crippen molar-refractivity contribution in [3.63, 3.8) is 0 Å². The minimum absolute atomic E-state index is 0.0107. The van der Waals surface area contributed by atoms with Crippen molar-refractivity contribution < 1.29 is 22.1 Å². The molecule has 1 aromatic carbocycles. The molecular formula is C10H14N2O5S. The van der Waals surface area contributed by atoms with Crippen LogP contribution in [0.5, 0.6) is 5.75 Å². The van der Waals surface area contributed by atoms with Gasteiger partial charge in [-0.25, -0.2) is 4.79 Å². The van der Waals surface area contributed by atoms with Crippen LogP contribution >= 0.6 is 0 Å². The molecule has 0 radical (unpaired) electrons. The van der Waals surface area contributed by atoms with Crippen LogP contribution in [0.4, 0.5) is 10.5 Å². The number of benzene rings is 1. The van der Waals surface area contributed by atoms with Crippen LogP contribution in [0.1, 0.15) is 0 Å². The largest absolute Gasteiger partial charge is 0.453 e. The van der Waals surface area contributed by atoms with E-state index in [1.54, 1.807) is 12.1 Å². The van der Waals surface area contributed by atoms with Gasteiger partial charge in [-0.15, -0.1) is 0 Å². The van der Waals surface area contributed by atoms with Gasteiger partial charge in [-0.2, -0.15) is 12.7 Å². The summed E-state index contributed by atoms with van der Waals surface area (Å²) in [6, 6.07) is 6.13. The van der Waals surface area contributed by atoms with E-state index in [9.17, 15) is 13.2 Å². The summed E-state index contributed by atoms with van der Waals surface area (Å²) in [6.07, 6.45) is -0.715. The van der Waals surface area contributed by atoms with Gasteiger partial charge in [-0.1, -0.05) is 12.1 Å². The van der Waals surface area contributed by atoms with E-state index in [-0.39, 0.29) is 11.4 Å². The highest BCUT2D eigenvalue weighted by Gasteiger charge is 2.18. The number of anilines is 1. The van der Waals surface area contributed by atoms with Crippen molar-refractivity contribution in [3.05, 3.63) is 24.3 Å². The first-order valence-electron chi connectivity index (χ1n) is 4.92. The molecule has 0 heterocycles. The zero-order chi connectivity index (χ0) is 13.8. The normalized spacial score (nSPS) is 11.1. The Bertz CT molecular complexity index is 527. The lowest BCUT2D eigenvalue weighted by molar-refractivity contribution is 0.187. The van der Waals surface area contributed by atoms with Gasteiger partial charge < -0.3 is 8.92 Å². The van der Waals surface area contributed by atoms with Crippen LogP contribution in [-0.2, 0) is 15.0 Å². The molecule has 0 aliphatic carbocycles. The summed E-state index contributed by atoms with van der Waals surface area (Å²) in [6.45, 7) is 0. The lowest BCUT2D eigenvalue weighted by Gasteiger charge is -2.14. The van der Waals surface area contributed by atoms with Crippen molar-refractivity contribution in [3.8, 4) is 5.75 Å². The fourth-order valence-electron chi connectivity index (χ4n) is 0.992. The van der Waals surface area contributed by atoms with Crippen LogP contribution in [0.15, 0.2) is 24.3 Å². The Labute approximate surface area is 106 Å². The monoisotopic (exact) mass is 274 g/mol. The first kappa shape index (κ1) is 14.3. The average molecular weight is 274 g/mol. The Balaban J connectivity index is 3.00. The third kappa shape index (κ3) is 3.60. The maximum Gasteiger partial charge on any atom is 0.411 e. The summed E-state index contributed by atoms with van der Waals surface area (Å²) < 4.78 is 33.3. The molecule has 0 aromatic heterocycles. The number of carbonyl (C=O) groups excluding carboxylic acids is 1. The first-order chi connectivity index (χ1) is 8.36. The van der Waals surface area contributed by atoms with Crippen molar-refractivity contribution in [1.82, 2.24) is 4.31 Å². The van der Waals surface area contributed by atoms with Gasteiger partial charge in [0.2, 0.25) is 0 Å². The van der Waals surface area contributed by atoms with Crippen LogP contribution in [0, 0.1) is 0 Å². The van der Waals surface area contributed by atoms with Crippen molar-refractivity contribution >= 4 is 22.1 Å². The number of ether oxygens (including phenoxy) is 1. The maximum atomic E-state index is 11.6. The van der Waals surface area contributed by atoms with Crippen LogP contribution < -0.4 is 9.50 Å². The summed E-state index contributed by atoms with van der Waals surface area (Å²) in [5.74, 6) is 0.0107. The van der Waals surface area contributed by atoms with Crippen LogP contribution in [-0.4, -0.2) is 40.0 Å². The van der Waals surface area contributed by atoms with Crippen molar-refractivity contribution in [2.45, 2.75) is 0 Å². The predicted molar refractivity (Wildman–Crippen MR) is 65.7 cm³/mol. The van der Waals surface area contributed by atoms with E-state index in [1.807, 2.05) is 0 Å². The van der Waals surface area contributed by atoms with E-state index in [0.29, 0.717) is 0 Å². The predicted octanol–water partition coefficient (Wildman–Crippen LogP) is 1.05. The van der Waals surface area contributed by atoms with Crippen molar-refractivity contribution in [2.75, 3.05) is 26.5 Å². The summed E-state index contributed by atoms with van der Waals surface area (Å²) in [5, 5.41) is 2.35. The summed E-state index contributed by atoms with van der Waals surface area (Å²) in [7, 11) is 0.00663. The second kappa shape index (κ2) is 5.69. The summed E-state index contributed by atoms with van der Waals surface area (Å²) in [4.78, 5) is 11.1. The zero-order valence-electron chi connectivity index (χ0n) is 10.2. The van der Waals surface area contributed by atoms with Gasteiger partial charge in [0.1, 0.15) is 0 Å². The molecule has 0 atom stereocenters. The molecule has 1 aromatic rings. The lowest BCUT2D eigenvalue weighted by Crippen LogP contribution is -2.27. The van der Waals surface area contributed by atoms with Crippen LogP contribution in [0.3, 0.4) is 0 Å². The third-order valence-electron chi connectivity index (χ3n) is 1.95. The molecule has 0 fully saturated rings. The molecule has 100 valence electrons. The molecule has 0 spiro atoms. The molecule has 0 aliphatic rings. The standard InChI is InChI=1S/C10H14N2O5S/c1-12(2)18(14,15)17-9-7-5-4-6-8(9)11-10(13)16-3/h4-7H,1-3H3,(H,11,13). The quantitative estimate of drug-likeness (QED) is 0.887. The Kier molecular flexibility index (Phi) is 4.51. The van der Waals surface area contributed by atoms with E-state index < -0.39 is 16.4 Å². The van der Waals surface area contributed by atoms with Gasteiger partial charge in [-0.3, -0.25) is 5.32 Å². The number of nitrogens with one attached hydrogen (secondary N) is 1. The second-order valence-electron chi connectivity index (χ2n) is 3.44. The summed E-state index contributed by atoms with van der Waals surface area (Å²) >= 11 is 0. The smallest absolute Gasteiger partial charge is 0.411 e. The molecule has 1 N–H and O–H groups in total. The molecule has 0 aliphatic heterocycles. The third-order valence-corrected chi connectivity index (χ3v) is 3.24. The second-order valence-corrected chi connectivity index (χ2v) is 5.19. The molecule has 0 saturated heterocycles. The molecule has 8 heteroatoms. The van der Waals surface area contributed by atoms with Gasteiger partial charge in [0.15, 0.2) is 5.75 Å². The van der Waals surface area contributed by atoms with Gasteiger partial charge in [0.05, 0.1) is 12.8 Å². The SMILES string of the molecule is COC(=O)Nc1ccccc1OS(=O)(=O)N(C)C. The molecule has 0 saturated carbocycles. The average Bonchev–Trinajstić information content (AvgIpc) is 2.31. The Hall–Kier alpha value is -1.80. The molecule has 18 heavy (non-hydrogen) atoms. The van der Waals surface area contributed by atoms with Gasteiger partial charge in [-0.05, 0) is 12.1 Å². The summed E-state index contributed by atoms with van der Waals surface area (Å²) in [5.41, 5.74) is 0.203. The Morgan fingerprint density at radius 3 is 2.44 bits per heavy atom. The zero-order valence-corrected chi connectivity index (χ0v) is 11.0. The van der Waals surface area contributed by atoms with E-state index in [0.717, 1.165) is 4.31 Å². The van der Waals surface area contributed by atoms with Crippen LogP contribution in [0.25, 0.3) is 0 Å². The highest BCUT2D eigenvalue weighted by atomic mass is 32.2. The molecule has 1 rings (SSSR count). The number of carbonyl (C=O) groups is 1. The first-order valence-corrected chi connectivity index (χ1v) is 6.29. The maximum absolute atomic E-state index is 11.6. The minimum atomic E-state index is -3.88. The lowest BCUT2D eigenvalue weighted by atomic mass is 10.3. The number of hydrogen-bond donors (Lipinski definition) is 1. The molecule has 7 nitrogen and oxygen atoms in total.